The summed E-state index contributed by atoms with van der Waals surface area (Å²) in [4.78, 5) is 38.9. The van der Waals surface area contributed by atoms with Crippen molar-refractivity contribution in [3.8, 4) is 0 Å². The van der Waals surface area contributed by atoms with E-state index in [0.717, 1.165) is 0 Å². The van der Waals surface area contributed by atoms with Gasteiger partial charge < -0.3 is 25.1 Å². The summed E-state index contributed by atoms with van der Waals surface area (Å²) in [6.45, 7) is 30.1. The number of hydrogen-bond donors (Lipinski definition) is 3. The average molecular weight is 558 g/mol. The summed E-state index contributed by atoms with van der Waals surface area (Å²) < 4.78 is 12.4. The van der Waals surface area contributed by atoms with Crippen molar-refractivity contribution in [2.24, 2.45) is 17.8 Å². The second-order valence-electron chi connectivity index (χ2n) is 14.3. The maximum Gasteiger partial charge on any atom is 0.407 e. The first-order chi connectivity index (χ1) is 17.0. The third kappa shape index (κ3) is 13.4. The summed E-state index contributed by atoms with van der Waals surface area (Å²) in [7, 11) is -2.26. The van der Waals surface area contributed by atoms with Crippen LogP contribution < -0.4 is 16.0 Å². The molecule has 0 saturated heterocycles. The summed E-state index contributed by atoms with van der Waals surface area (Å²) in [5.74, 6) is -0.602. The lowest BCUT2D eigenvalue weighted by Gasteiger charge is -2.42. The van der Waals surface area contributed by atoms with E-state index in [0.29, 0.717) is 12.8 Å². The second kappa shape index (κ2) is 14.7. The Labute approximate surface area is 234 Å². The maximum atomic E-state index is 13.4. The molecule has 0 aromatic rings. The first-order valence-corrected chi connectivity index (χ1v) is 17.2. The van der Waals surface area contributed by atoms with Crippen LogP contribution in [0, 0.1) is 17.8 Å². The van der Waals surface area contributed by atoms with E-state index in [1.165, 1.54) is 0 Å². The van der Waals surface area contributed by atoms with Crippen LogP contribution >= 0.6 is 0 Å². The van der Waals surface area contributed by atoms with Crippen LogP contribution in [0.15, 0.2) is 0 Å². The van der Waals surface area contributed by atoms with Crippen LogP contribution in [0.1, 0.15) is 103 Å². The van der Waals surface area contributed by atoms with E-state index in [9.17, 15) is 14.4 Å². The molecule has 0 aliphatic carbocycles. The molecule has 3 N–H and O–H groups in total. The van der Waals surface area contributed by atoms with Crippen LogP contribution in [-0.4, -0.2) is 56.1 Å². The Balaban J connectivity index is 6.08. The Morgan fingerprint density at radius 3 is 1.68 bits per heavy atom. The molecule has 0 aromatic carbocycles. The van der Waals surface area contributed by atoms with Crippen molar-refractivity contribution in [2.75, 3.05) is 0 Å². The maximum absolute atomic E-state index is 13.4. The van der Waals surface area contributed by atoms with Crippen molar-refractivity contribution in [2.45, 2.75) is 151 Å². The fraction of sp³-hybridized carbons (Fsp3) is 0.897. The van der Waals surface area contributed by atoms with E-state index in [2.05, 4.69) is 63.7 Å². The summed E-state index contributed by atoms with van der Waals surface area (Å²) in [6, 6.07) is -0.978. The lowest BCUT2D eigenvalue weighted by molar-refractivity contribution is -0.132. The Kier molecular flexibility index (Phi) is 14.1. The van der Waals surface area contributed by atoms with Crippen LogP contribution in [0.3, 0.4) is 0 Å². The number of carbonyl (C=O) groups is 3. The van der Waals surface area contributed by atoms with E-state index < -0.39 is 38.1 Å². The molecule has 9 heteroatoms. The van der Waals surface area contributed by atoms with Gasteiger partial charge in [0, 0.05) is 12.0 Å². The number of nitrogens with one attached hydrogen (secondary N) is 3. The van der Waals surface area contributed by atoms with Gasteiger partial charge in [-0.2, -0.15) is 0 Å². The van der Waals surface area contributed by atoms with Gasteiger partial charge in [0.05, 0.1) is 12.1 Å². The second-order valence-corrected chi connectivity index (χ2v) is 19.1. The SMILES string of the molecule is CC(C)C[C@H](NC(=O)OC(C)(C)C)[C@H](C[C@@H](C)C(=O)N[C@H](C(=O)NC(C)C)C(C)C)O[Si](C)(C)C(C)(C)C. The van der Waals surface area contributed by atoms with Crippen LogP contribution in [-0.2, 0) is 18.8 Å². The zero-order valence-electron chi connectivity index (χ0n) is 27.0. The molecule has 0 fully saturated rings. The van der Waals surface area contributed by atoms with Crippen molar-refractivity contribution in [3.63, 3.8) is 0 Å². The van der Waals surface area contributed by atoms with Gasteiger partial charge in [-0.1, -0.05) is 55.4 Å². The highest BCUT2D eigenvalue weighted by molar-refractivity contribution is 6.74. The normalized spacial score (nSPS) is 16.2. The number of amides is 3. The molecule has 38 heavy (non-hydrogen) atoms. The third-order valence-corrected chi connectivity index (χ3v) is 11.3. The van der Waals surface area contributed by atoms with Crippen LogP contribution in [0.5, 0.6) is 0 Å². The van der Waals surface area contributed by atoms with Gasteiger partial charge in [-0.15, -0.1) is 0 Å². The summed E-state index contributed by atoms with van der Waals surface area (Å²) in [5.41, 5.74) is -0.627. The summed E-state index contributed by atoms with van der Waals surface area (Å²) >= 11 is 0. The van der Waals surface area contributed by atoms with Crippen molar-refractivity contribution < 1.29 is 23.5 Å². The summed E-state index contributed by atoms with van der Waals surface area (Å²) in [5, 5.41) is 8.88. The van der Waals surface area contributed by atoms with Gasteiger partial charge >= 0.3 is 6.09 Å². The Bertz CT molecular complexity index is 769. The molecule has 0 unspecified atom stereocenters. The van der Waals surface area contributed by atoms with Gasteiger partial charge in [-0.05, 0) is 77.4 Å². The fourth-order valence-corrected chi connectivity index (χ4v) is 5.15. The predicted molar refractivity (Wildman–Crippen MR) is 159 cm³/mol. The molecule has 0 aliphatic rings. The van der Waals surface area contributed by atoms with Crippen LogP contribution in [0.2, 0.25) is 18.1 Å². The predicted octanol–water partition coefficient (Wildman–Crippen LogP) is 6.01. The molecular formula is C29H59N3O5Si. The average Bonchev–Trinajstić information content (AvgIpc) is 2.66. The molecule has 4 atom stereocenters. The number of carbonyl (C=O) groups excluding carboxylic acids is 3. The molecule has 0 radical (unpaired) electrons. The van der Waals surface area contributed by atoms with Crippen LogP contribution in [0.4, 0.5) is 4.79 Å². The first kappa shape index (κ1) is 36.4. The monoisotopic (exact) mass is 557 g/mol. The highest BCUT2D eigenvalue weighted by atomic mass is 28.4. The number of rotatable bonds is 13. The minimum atomic E-state index is -2.26. The van der Waals surface area contributed by atoms with Crippen LogP contribution in [0.25, 0.3) is 0 Å². The highest BCUT2D eigenvalue weighted by Crippen LogP contribution is 2.39. The highest BCUT2D eigenvalue weighted by Gasteiger charge is 2.42. The van der Waals surface area contributed by atoms with Gasteiger partial charge in [0.15, 0.2) is 8.32 Å². The summed E-state index contributed by atoms with van der Waals surface area (Å²) in [6.07, 6.45) is 0.198. The molecular weight excluding hydrogens is 498 g/mol. The minimum Gasteiger partial charge on any atom is -0.444 e. The lowest BCUT2D eigenvalue weighted by atomic mass is 9.92. The smallest absolute Gasteiger partial charge is 0.407 e. The van der Waals surface area contributed by atoms with Gasteiger partial charge in [0.25, 0.3) is 0 Å². The molecule has 3 amide bonds. The van der Waals surface area contributed by atoms with Crippen molar-refractivity contribution in [1.82, 2.24) is 16.0 Å². The van der Waals surface area contributed by atoms with E-state index in [1.54, 1.807) is 0 Å². The van der Waals surface area contributed by atoms with E-state index in [-0.39, 0.29) is 40.8 Å². The Hall–Kier alpha value is -1.61. The minimum absolute atomic E-state index is 0.0174. The van der Waals surface area contributed by atoms with Crippen molar-refractivity contribution >= 4 is 26.2 Å². The molecule has 0 rings (SSSR count). The molecule has 8 nitrogen and oxygen atoms in total. The lowest BCUT2D eigenvalue weighted by Crippen LogP contribution is -2.55. The molecule has 0 saturated carbocycles. The van der Waals surface area contributed by atoms with Gasteiger partial charge in [-0.3, -0.25) is 9.59 Å². The fourth-order valence-electron chi connectivity index (χ4n) is 3.78. The van der Waals surface area contributed by atoms with Crippen molar-refractivity contribution in [1.29, 1.82) is 0 Å². The zero-order valence-corrected chi connectivity index (χ0v) is 28.0. The van der Waals surface area contributed by atoms with Crippen molar-refractivity contribution in [3.05, 3.63) is 0 Å². The third-order valence-electron chi connectivity index (χ3n) is 6.84. The van der Waals surface area contributed by atoms with E-state index in [1.807, 2.05) is 55.4 Å². The van der Waals surface area contributed by atoms with Gasteiger partial charge in [0.2, 0.25) is 11.8 Å². The molecule has 0 bridgehead atoms. The first-order valence-electron chi connectivity index (χ1n) is 14.2. The van der Waals surface area contributed by atoms with E-state index >= 15 is 0 Å². The topological polar surface area (TPSA) is 106 Å². The molecule has 0 aromatic heterocycles. The number of alkyl carbamates (subject to hydrolysis) is 1. The number of ether oxygens (including phenoxy) is 1. The Morgan fingerprint density at radius 2 is 1.29 bits per heavy atom. The molecule has 0 aliphatic heterocycles. The van der Waals surface area contributed by atoms with Gasteiger partial charge in [0.1, 0.15) is 11.6 Å². The Morgan fingerprint density at radius 1 is 0.763 bits per heavy atom. The standard InChI is InChI=1S/C29H59N3O5Si/c1-18(2)16-22(31-27(35)36-28(8,9)10)23(37-38(14,15)29(11,12)13)17-21(7)25(33)32-24(19(3)4)26(34)30-20(5)6/h18-24H,16-17H2,1-15H3,(H,30,34)(H,31,35)(H,32,33)/t21-,22+,23+,24+/m1/s1. The quantitative estimate of drug-likeness (QED) is 0.241. The van der Waals surface area contributed by atoms with E-state index in [4.69, 9.17) is 9.16 Å². The zero-order chi connectivity index (χ0) is 30.2. The largest absolute Gasteiger partial charge is 0.444 e. The number of hydrogen-bond acceptors (Lipinski definition) is 5. The van der Waals surface area contributed by atoms with Gasteiger partial charge in [-0.25, -0.2) is 4.79 Å². The molecule has 224 valence electrons. The molecule has 0 heterocycles. The molecule has 0 spiro atoms.